The Kier molecular flexibility index (Phi) is 4.52. The number of carboxylic acid groups (broad SMARTS) is 1. The molecule has 0 aliphatic carbocycles. The number of aliphatic carboxylic acids is 1. The smallest absolute Gasteiger partial charge is 0.306 e. The van der Waals surface area contributed by atoms with Crippen LogP contribution in [0.5, 0.6) is 5.75 Å². The summed E-state index contributed by atoms with van der Waals surface area (Å²) < 4.78 is 5.12. The lowest BCUT2D eigenvalue weighted by Gasteiger charge is -2.15. The molecule has 2 atom stereocenters. The summed E-state index contributed by atoms with van der Waals surface area (Å²) in [5.41, 5.74) is 1.64. The summed E-state index contributed by atoms with van der Waals surface area (Å²) in [7, 11) is 1.59. The zero-order valence-corrected chi connectivity index (χ0v) is 10.3. The van der Waals surface area contributed by atoms with Gasteiger partial charge in [-0.25, -0.2) is 0 Å². The molecule has 0 spiro atoms. The molecule has 4 nitrogen and oxygen atoms in total. The van der Waals surface area contributed by atoms with Crippen molar-refractivity contribution in [1.29, 1.82) is 0 Å². The molecule has 0 heterocycles. The molecule has 94 valence electrons. The van der Waals surface area contributed by atoms with Crippen molar-refractivity contribution in [3.8, 4) is 5.75 Å². The molecule has 0 saturated carbocycles. The van der Waals surface area contributed by atoms with Gasteiger partial charge in [-0.15, -0.1) is 0 Å². The van der Waals surface area contributed by atoms with Crippen LogP contribution in [-0.2, 0) is 4.79 Å². The van der Waals surface area contributed by atoms with E-state index < -0.39 is 18.0 Å². The van der Waals surface area contributed by atoms with Crippen molar-refractivity contribution in [2.45, 2.75) is 26.4 Å². The van der Waals surface area contributed by atoms with Crippen molar-refractivity contribution in [1.82, 2.24) is 0 Å². The van der Waals surface area contributed by atoms with Gasteiger partial charge in [0.1, 0.15) is 5.75 Å². The van der Waals surface area contributed by atoms with E-state index in [4.69, 9.17) is 9.84 Å². The summed E-state index contributed by atoms with van der Waals surface area (Å²) in [6.07, 6.45) is -0.549. The van der Waals surface area contributed by atoms with E-state index in [2.05, 4.69) is 0 Å². The molecule has 0 fully saturated rings. The third-order valence-electron chi connectivity index (χ3n) is 2.80. The van der Waals surface area contributed by atoms with Gasteiger partial charge in [0.25, 0.3) is 0 Å². The molecule has 1 aromatic rings. The van der Waals surface area contributed by atoms with E-state index >= 15 is 0 Å². The van der Waals surface area contributed by atoms with Gasteiger partial charge in [0, 0.05) is 0 Å². The zero-order valence-electron chi connectivity index (χ0n) is 10.3. The van der Waals surface area contributed by atoms with Crippen LogP contribution in [0, 0.1) is 12.8 Å². The van der Waals surface area contributed by atoms with E-state index in [0.29, 0.717) is 0 Å². The van der Waals surface area contributed by atoms with Gasteiger partial charge in [0.05, 0.1) is 19.1 Å². The Morgan fingerprint density at radius 2 is 2.12 bits per heavy atom. The zero-order chi connectivity index (χ0) is 13.0. The lowest BCUT2D eigenvalue weighted by Crippen LogP contribution is -2.13. The summed E-state index contributed by atoms with van der Waals surface area (Å²) >= 11 is 0. The Morgan fingerprint density at radius 1 is 1.47 bits per heavy atom. The summed E-state index contributed by atoms with van der Waals surface area (Å²) in [5, 5.41) is 18.7. The highest BCUT2D eigenvalue weighted by atomic mass is 16.5. The highest BCUT2D eigenvalue weighted by molar-refractivity contribution is 5.69. The Hall–Kier alpha value is -1.55. The summed E-state index contributed by atoms with van der Waals surface area (Å²) in [4.78, 5) is 10.7. The molecule has 1 aromatic carbocycles. The van der Waals surface area contributed by atoms with Gasteiger partial charge >= 0.3 is 5.97 Å². The standard InChI is InChI=1S/C13H18O4/c1-8-6-10(4-5-12(8)17-3)11(14)7-9(2)13(15)16/h4-6,9,11,14H,7H2,1-3H3,(H,15,16). The summed E-state index contributed by atoms with van der Waals surface area (Å²) in [6, 6.07) is 5.35. The summed E-state index contributed by atoms with van der Waals surface area (Å²) in [5.74, 6) is -0.700. The topological polar surface area (TPSA) is 66.8 Å². The van der Waals surface area contributed by atoms with Gasteiger partial charge in [-0.05, 0) is 36.6 Å². The maximum atomic E-state index is 10.7. The Bertz CT molecular complexity index is 400. The number of carbonyl (C=O) groups is 1. The van der Waals surface area contributed by atoms with Crippen LogP contribution in [-0.4, -0.2) is 23.3 Å². The lowest BCUT2D eigenvalue weighted by atomic mass is 9.97. The average Bonchev–Trinajstić information content (AvgIpc) is 2.28. The van der Waals surface area contributed by atoms with E-state index in [1.165, 1.54) is 0 Å². The number of rotatable bonds is 5. The quantitative estimate of drug-likeness (QED) is 0.824. The molecule has 1 rings (SSSR count). The predicted molar refractivity (Wildman–Crippen MR) is 64.1 cm³/mol. The fourth-order valence-corrected chi connectivity index (χ4v) is 1.68. The molecule has 2 unspecified atom stereocenters. The number of hydrogen-bond acceptors (Lipinski definition) is 3. The molecule has 0 amide bonds. The molecule has 4 heteroatoms. The Morgan fingerprint density at radius 3 is 2.59 bits per heavy atom. The van der Waals surface area contributed by atoms with Crippen LogP contribution >= 0.6 is 0 Å². The first-order valence-corrected chi connectivity index (χ1v) is 5.51. The lowest BCUT2D eigenvalue weighted by molar-refractivity contribution is -0.142. The highest BCUT2D eigenvalue weighted by Gasteiger charge is 2.18. The van der Waals surface area contributed by atoms with Crippen LogP contribution in [0.2, 0.25) is 0 Å². The van der Waals surface area contributed by atoms with Gasteiger partial charge in [0.2, 0.25) is 0 Å². The average molecular weight is 238 g/mol. The fraction of sp³-hybridized carbons (Fsp3) is 0.462. The van der Waals surface area contributed by atoms with Gasteiger partial charge in [0.15, 0.2) is 0 Å². The SMILES string of the molecule is COc1ccc(C(O)CC(C)C(=O)O)cc1C. The van der Waals surface area contributed by atoms with Crippen LogP contribution in [0.4, 0.5) is 0 Å². The first kappa shape index (κ1) is 13.5. The fourth-order valence-electron chi connectivity index (χ4n) is 1.68. The second-order valence-corrected chi connectivity index (χ2v) is 4.22. The number of carboxylic acids is 1. The van der Waals surface area contributed by atoms with E-state index in [-0.39, 0.29) is 6.42 Å². The minimum atomic E-state index is -0.894. The Labute approximate surface area is 101 Å². The highest BCUT2D eigenvalue weighted by Crippen LogP contribution is 2.26. The molecule has 0 aliphatic heterocycles. The van der Waals surface area contributed by atoms with E-state index in [1.807, 2.05) is 13.0 Å². The van der Waals surface area contributed by atoms with E-state index in [9.17, 15) is 9.90 Å². The predicted octanol–water partition coefficient (Wildman–Crippen LogP) is 2.15. The molecule has 0 aromatic heterocycles. The van der Waals surface area contributed by atoms with Crippen LogP contribution in [0.1, 0.15) is 30.6 Å². The van der Waals surface area contributed by atoms with Gasteiger partial charge in [-0.3, -0.25) is 4.79 Å². The van der Waals surface area contributed by atoms with Crippen molar-refractivity contribution in [2.75, 3.05) is 7.11 Å². The number of aryl methyl sites for hydroxylation is 1. The number of aliphatic hydroxyl groups is 1. The van der Waals surface area contributed by atoms with Gasteiger partial charge < -0.3 is 14.9 Å². The van der Waals surface area contributed by atoms with Gasteiger partial charge in [-0.1, -0.05) is 13.0 Å². The number of aliphatic hydroxyl groups excluding tert-OH is 1. The number of hydrogen-bond donors (Lipinski definition) is 2. The largest absolute Gasteiger partial charge is 0.496 e. The maximum Gasteiger partial charge on any atom is 0.306 e. The van der Waals surface area contributed by atoms with E-state index in [1.54, 1.807) is 26.2 Å². The number of methoxy groups -OCH3 is 1. The minimum absolute atomic E-state index is 0.209. The van der Waals surface area contributed by atoms with Crippen molar-refractivity contribution < 1.29 is 19.7 Å². The number of benzene rings is 1. The molecule has 0 aliphatic rings. The van der Waals surface area contributed by atoms with Crippen LogP contribution in [0.15, 0.2) is 18.2 Å². The second-order valence-electron chi connectivity index (χ2n) is 4.22. The summed E-state index contributed by atoms with van der Waals surface area (Å²) in [6.45, 7) is 3.47. The first-order chi connectivity index (χ1) is 7.95. The third-order valence-corrected chi connectivity index (χ3v) is 2.80. The van der Waals surface area contributed by atoms with Gasteiger partial charge in [-0.2, -0.15) is 0 Å². The number of ether oxygens (including phenoxy) is 1. The van der Waals surface area contributed by atoms with Crippen LogP contribution in [0.3, 0.4) is 0 Å². The molecular formula is C13H18O4. The van der Waals surface area contributed by atoms with Crippen molar-refractivity contribution in [2.24, 2.45) is 5.92 Å². The molecule has 0 bridgehead atoms. The maximum absolute atomic E-state index is 10.7. The van der Waals surface area contributed by atoms with Crippen LogP contribution < -0.4 is 4.74 Å². The second kappa shape index (κ2) is 5.68. The molecule has 0 saturated heterocycles. The van der Waals surface area contributed by atoms with Crippen LogP contribution in [0.25, 0.3) is 0 Å². The van der Waals surface area contributed by atoms with Crippen molar-refractivity contribution in [3.63, 3.8) is 0 Å². The molecule has 0 radical (unpaired) electrons. The minimum Gasteiger partial charge on any atom is -0.496 e. The monoisotopic (exact) mass is 238 g/mol. The Balaban J connectivity index is 2.79. The van der Waals surface area contributed by atoms with Crippen molar-refractivity contribution in [3.05, 3.63) is 29.3 Å². The first-order valence-electron chi connectivity index (χ1n) is 5.51. The normalized spacial score (nSPS) is 14.1. The third kappa shape index (κ3) is 3.46. The molecule has 2 N–H and O–H groups in total. The van der Waals surface area contributed by atoms with Crippen molar-refractivity contribution >= 4 is 5.97 Å². The molecular weight excluding hydrogens is 220 g/mol. The molecule has 17 heavy (non-hydrogen) atoms. The van der Waals surface area contributed by atoms with E-state index in [0.717, 1.165) is 16.9 Å².